The molecule has 0 fully saturated rings. The second-order valence-electron chi connectivity index (χ2n) is 6.85. The third-order valence-electron chi connectivity index (χ3n) is 4.96. The van der Waals surface area contributed by atoms with Crippen LogP contribution in [0.25, 0.3) is 0 Å². The van der Waals surface area contributed by atoms with Gasteiger partial charge in [0.2, 0.25) is 0 Å². The Kier molecular flexibility index (Phi) is 9.51. The first-order valence-corrected chi connectivity index (χ1v) is 10.6. The third-order valence-corrected chi connectivity index (χ3v) is 5.99. The van der Waals surface area contributed by atoms with Crippen LogP contribution >= 0.6 is 35.3 Å². The number of halogens is 1. The lowest BCUT2D eigenvalue weighted by molar-refractivity contribution is 0.197. The molecule has 2 heterocycles. The number of hydrogen-bond donors (Lipinski definition) is 2. The highest BCUT2D eigenvalue weighted by atomic mass is 127. The average Bonchev–Trinajstić information content (AvgIpc) is 3.19. The summed E-state index contributed by atoms with van der Waals surface area (Å²) in [5, 5.41) is 8.88. The van der Waals surface area contributed by atoms with Crippen molar-refractivity contribution >= 4 is 47.0 Å². The Morgan fingerprint density at radius 2 is 2.03 bits per heavy atom. The first-order chi connectivity index (χ1) is 13.6. The van der Waals surface area contributed by atoms with E-state index in [0.29, 0.717) is 17.5 Å². The Bertz CT molecular complexity index is 812. The van der Waals surface area contributed by atoms with Crippen molar-refractivity contribution in [1.82, 2.24) is 10.2 Å². The zero-order valence-corrected chi connectivity index (χ0v) is 20.7. The molecule has 3 rings (SSSR count). The molecule has 2 aromatic rings. The molecule has 1 atom stereocenters. The molecule has 0 saturated carbocycles. The fourth-order valence-corrected chi connectivity index (χ4v) is 4.23. The number of thiophene rings is 1. The minimum atomic E-state index is 0. The maximum Gasteiger partial charge on any atom is 0.195 e. The van der Waals surface area contributed by atoms with E-state index < -0.39 is 0 Å². The monoisotopic (exact) mass is 530 g/mol. The van der Waals surface area contributed by atoms with Crippen molar-refractivity contribution in [3.05, 3.63) is 40.1 Å². The molecule has 0 spiro atoms. The summed E-state index contributed by atoms with van der Waals surface area (Å²) >= 11 is 1.88. The van der Waals surface area contributed by atoms with Crippen LogP contribution in [-0.2, 0) is 13.0 Å². The topological polar surface area (TPSA) is 58.1 Å². The fraction of sp³-hybridized carbons (Fsp3) is 0.476. The van der Waals surface area contributed by atoms with Gasteiger partial charge in [-0.25, -0.2) is 0 Å². The van der Waals surface area contributed by atoms with E-state index in [9.17, 15) is 0 Å². The van der Waals surface area contributed by atoms with Gasteiger partial charge >= 0.3 is 0 Å². The van der Waals surface area contributed by atoms with Gasteiger partial charge in [-0.2, -0.15) is 0 Å². The van der Waals surface area contributed by atoms with E-state index >= 15 is 0 Å². The molecule has 160 valence electrons. The fourth-order valence-electron chi connectivity index (χ4n) is 3.34. The molecule has 0 amide bonds. The van der Waals surface area contributed by atoms with Gasteiger partial charge in [0.15, 0.2) is 17.5 Å². The molecule has 0 aliphatic carbocycles. The van der Waals surface area contributed by atoms with Crippen LogP contribution in [0, 0.1) is 0 Å². The molecule has 0 bridgehead atoms. The molecule has 1 aliphatic rings. The first kappa shape index (κ1) is 23.8. The van der Waals surface area contributed by atoms with Crippen molar-refractivity contribution in [3.63, 3.8) is 0 Å². The van der Waals surface area contributed by atoms with Crippen molar-refractivity contribution < 1.29 is 9.47 Å². The largest absolute Gasteiger partial charge is 0.493 e. The van der Waals surface area contributed by atoms with E-state index in [-0.39, 0.29) is 24.0 Å². The molecule has 0 radical (unpaired) electrons. The van der Waals surface area contributed by atoms with E-state index in [1.165, 1.54) is 10.4 Å². The summed E-state index contributed by atoms with van der Waals surface area (Å²) in [7, 11) is 3.28. The molecule has 1 unspecified atom stereocenters. The smallest absolute Gasteiger partial charge is 0.195 e. The average molecular weight is 530 g/mol. The van der Waals surface area contributed by atoms with Gasteiger partial charge in [-0.05, 0) is 49.4 Å². The molecular weight excluding hydrogens is 499 g/mol. The van der Waals surface area contributed by atoms with Crippen LogP contribution in [0.4, 0.5) is 5.69 Å². The summed E-state index contributed by atoms with van der Waals surface area (Å²) < 4.78 is 10.7. The molecule has 0 saturated heterocycles. The summed E-state index contributed by atoms with van der Waals surface area (Å²) in [6.07, 6.45) is 1.14. The van der Waals surface area contributed by atoms with Gasteiger partial charge in [-0.1, -0.05) is 0 Å². The van der Waals surface area contributed by atoms with Gasteiger partial charge in [0.1, 0.15) is 0 Å². The molecule has 1 aromatic heterocycles. The van der Waals surface area contributed by atoms with Crippen LogP contribution < -0.4 is 20.1 Å². The maximum atomic E-state index is 5.39. The third kappa shape index (κ3) is 6.23. The highest BCUT2D eigenvalue weighted by Gasteiger charge is 2.21. The number of benzene rings is 1. The summed E-state index contributed by atoms with van der Waals surface area (Å²) in [4.78, 5) is 8.86. The van der Waals surface area contributed by atoms with Gasteiger partial charge < -0.3 is 20.1 Å². The number of nitrogens with zero attached hydrogens (tertiary/aromatic N) is 2. The van der Waals surface area contributed by atoms with Crippen LogP contribution in [0.2, 0.25) is 0 Å². The van der Waals surface area contributed by atoms with Gasteiger partial charge in [-0.3, -0.25) is 9.89 Å². The molecule has 1 aromatic carbocycles. The number of fused-ring (bicyclic) bond motifs is 1. The minimum absolute atomic E-state index is 0. The number of rotatable bonds is 7. The number of anilines is 1. The van der Waals surface area contributed by atoms with E-state index in [1.807, 2.05) is 29.5 Å². The van der Waals surface area contributed by atoms with E-state index in [2.05, 4.69) is 40.8 Å². The van der Waals surface area contributed by atoms with E-state index in [0.717, 1.165) is 44.2 Å². The SMILES string of the molecule is CCNC(=NCC(C)N1CCc2sccc2C1)Nc1ccc(OC)c(OC)c1.I. The Morgan fingerprint density at radius 1 is 1.24 bits per heavy atom. The van der Waals surface area contributed by atoms with Crippen LogP contribution in [0.1, 0.15) is 24.3 Å². The lowest BCUT2D eigenvalue weighted by Gasteiger charge is -2.31. The summed E-state index contributed by atoms with van der Waals surface area (Å²) in [6.45, 7) is 7.98. The second-order valence-corrected chi connectivity index (χ2v) is 7.85. The summed E-state index contributed by atoms with van der Waals surface area (Å²) in [6, 6.07) is 8.40. The molecular formula is C21H31IN4O2S. The highest BCUT2D eigenvalue weighted by Crippen LogP contribution is 2.29. The Hall–Kier alpha value is -1.52. The van der Waals surface area contributed by atoms with Gasteiger partial charge in [0.25, 0.3) is 0 Å². The van der Waals surface area contributed by atoms with Crippen LogP contribution in [0.5, 0.6) is 11.5 Å². The van der Waals surface area contributed by atoms with Crippen molar-refractivity contribution in [2.75, 3.05) is 39.2 Å². The van der Waals surface area contributed by atoms with Crippen molar-refractivity contribution in [1.29, 1.82) is 0 Å². The number of nitrogens with one attached hydrogen (secondary N) is 2. The highest BCUT2D eigenvalue weighted by molar-refractivity contribution is 14.0. The number of methoxy groups -OCH3 is 2. The number of guanidine groups is 1. The lowest BCUT2D eigenvalue weighted by atomic mass is 10.1. The summed E-state index contributed by atoms with van der Waals surface area (Å²) in [5.41, 5.74) is 2.38. The first-order valence-electron chi connectivity index (χ1n) is 9.71. The van der Waals surface area contributed by atoms with Crippen LogP contribution in [0.3, 0.4) is 0 Å². The Morgan fingerprint density at radius 3 is 2.76 bits per heavy atom. The second kappa shape index (κ2) is 11.6. The quantitative estimate of drug-likeness (QED) is 0.319. The standard InChI is InChI=1S/C21H30N4O2S.HI/c1-5-22-21(24-17-6-7-18(26-3)19(12-17)27-4)23-13-15(2)25-10-8-20-16(14-25)9-11-28-20;/h6-7,9,11-12,15H,5,8,10,13-14H2,1-4H3,(H2,22,23,24);1H. The van der Waals surface area contributed by atoms with Crippen molar-refractivity contribution in [2.24, 2.45) is 4.99 Å². The van der Waals surface area contributed by atoms with Crippen LogP contribution in [-0.4, -0.2) is 50.8 Å². The maximum absolute atomic E-state index is 5.39. The number of hydrogen-bond acceptors (Lipinski definition) is 5. The molecule has 29 heavy (non-hydrogen) atoms. The normalized spacial score (nSPS) is 15.1. The zero-order valence-electron chi connectivity index (χ0n) is 17.5. The molecule has 1 aliphatic heterocycles. The molecule has 8 heteroatoms. The number of aliphatic imine (C=N–C) groups is 1. The predicted molar refractivity (Wildman–Crippen MR) is 132 cm³/mol. The van der Waals surface area contributed by atoms with E-state index in [4.69, 9.17) is 14.5 Å². The predicted octanol–water partition coefficient (Wildman–Crippen LogP) is 4.21. The Labute approximate surface area is 194 Å². The Balaban J connectivity index is 0.00000300. The lowest BCUT2D eigenvalue weighted by Crippen LogP contribution is -2.40. The van der Waals surface area contributed by atoms with Gasteiger partial charge in [0, 0.05) is 42.3 Å². The van der Waals surface area contributed by atoms with Gasteiger partial charge in [0.05, 0.1) is 20.8 Å². The van der Waals surface area contributed by atoms with Crippen molar-refractivity contribution in [3.8, 4) is 11.5 Å². The molecule has 2 N–H and O–H groups in total. The van der Waals surface area contributed by atoms with E-state index in [1.54, 1.807) is 14.2 Å². The minimum Gasteiger partial charge on any atom is -0.493 e. The van der Waals surface area contributed by atoms with Crippen molar-refractivity contribution in [2.45, 2.75) is 32.9 Å². The zero-order chi connectivity index (χ0) is 19.9. The summed E-state index contributed by atoms with van der Waals surface area (Å²) in [5.74, 6) is 2.17. The number of ether oxygens (including phenoxy) is 2. The van der Waals surface area contributed by atoms with Crippen LogP contribution in [0.15, 0.2) is 34.6 Å². The molecule has 6 nitrogen and oxygen atoms in total. The van der Waals surface area contributed by atoms with Gasteiger partial charge in [-0.15, -0.1) is 35.3 Å².